The van der Waals surface area contributed by atoms with Crippen LogP contribution in [-0.2, 0) is 6.18 Å². The number of amides is 1. The maximum Gasteiger partial charge on any atom is 0.434 e. The number of anilines is 1. The van der Waals surface area contributed by atoms with Crippen molar-refractivity contribution in [2.75, 3.05) is 18.5 Å². The molecule has 3 rings (SSSR count). The molecular weight excluding hydrogens is 399 g/mol. The number of nitrogens with one attached hydrogen (secondary N) is 1. The summed E-state index contributed by atoms with van der Waals surface area (Å²) in [5.41, 5.74) is -1.37. The average Bonchev–Trinajstić information content (AvgIpc) is 3.17. The minimum atomic E-state index is -4.80. The standard InChI is InChI=1S/C21H20F3N3O3/c1-3-29-15-10-11-18(30-4-2)17(12-15)26-20(28)16-13-25-27(19(16)21(22,23)24)14-8-6-5-7-9-14/h5-13H,3-4H2,1-2H3,(H,26,28). The van der Waals surface area contributed by atoms with Crippen molar-refractivity contribution in [3.8, 4) is 17.2 Å². The average molecular weight is 419 g/mol. The molecule has 0 spiro atoms. The van der Waals surface area contributed by atoms with E-state index in [9.17, 15) is 18.0 Å². The summed E-state index contributed by atoms with van der Waals surface area (Å²) in [6.07, 6.45) is -3.90. The van der Waals surface area contributed by atoms with Crippen LogP contribution in [0, 0.1) is 0 Å². The second-order valence-corrected chi connectivity index (χ2v) is 6.13. The third-order valence-corrected chi connectivity index (χ3v) is 4.09. The maximum absolute atomic E-state index is 13.8. The summed E-state index contributed by atoms with van der Waals surface area (Å²) in [7, 11) is 0. The van der Waals surface area contributed by atoms with Gasteiger partial charge in [-0.1, -0.05) is 18.2 Å². The Bertz CT molecular complexity index is 1020. The molecule has 1 amide bonds. The minimum Gasteiger partial charge on any atom is -0.494 e. The van der Waals surface area contributed by atoms with Crippen LogP contribution < -0.4 is 14.8 Å². The number of hydrogen-bond acceptors (Lipinski definition) is 4. The lowest BCUT2D eigenvalue weighted by Crippen LogP contribution is -2.21. The van der Waals surface area contributed by atoms with Crippen LogP contribution in [0.15, 0.2) is 54.7 Å². The van der Waals surface area contributed by atoms with Gasteiger partial charge in [0.1, 0.15) is 11.5 Å². The Balaban J connectivity index is 2.00. The number of hydrogen-bond donors (Lipinski definition) is 1. The molecule has 9 heteroatoms. The molecule has 3 aromatic rings. The van der Waals surface area contributed by atoms with E-state index in [1.807, 2.05) is 0 Å². The van der Waals surface area contributed by atoms with E-state index in [-0.39, 0.29) is 11.4 Å². The predicted octanol–water partition coefficient (Wildman–Crippen LogP) is 4.94. The number of nitrogens with zero attached hydrogens (tertiary/aromatic N) is 2. The normalized spacial score (nSPS) is 11.2. The van der Waals surface area contributed by atoms with Crippen LogP contribution in [0.4, 0.5) is 18.9 Å². The SMILES string of the molecule is CCOc1ccc(OCC)c(NC(=O)c2cnn(-c3ccccc3)c2C(F)(F)F)c1. The van der Waals surface area contributed by atoms with Crippen molar-refractivity contribution in [2.45, 2.75) is 20.0 Å². The number of rotatable bonds is 7. The van der Waals surface area contributed by atoms with Crippen LogP contribution in [0.2, 0.25) is 0 Å². The van der Waals surface area contributed by atoms with Crippen molar-refractivity contribution in [3.05, 3.63) is 66.0 Å². The number of carbonyl (C=O) groups is 1. The Hall–Kier alpha value is -3.49. The van der Waals surface area contributed by atoms with Gasteiger partial charge in [-0.05, 0) is 38.1 Å². The number of ether oxygens (including phenoxy) is 2. The zero-order valence-electron chi connectivity index (χ0n) is 16.4. The summed E-state index contributed by atoms with van der Waals surface area (Å²) < 4.78 is 53.0. The fraction of sp³-hybridized carbons (Fsp3) is 0.238. The highest BCUT2D eigenvalue weighted by Crippen LogP contribution is 2.35. The van der Waals surface area contributed by atoms with Crippen molar-refractivity contribution in [2.24, 2.45) is 0 Å². The van der Waals surface area contributed by atoms with Gasteiger partial charge in [0, 0.05) is 6.07 Å². The Kier molecular flexibility index (Phi) is 6.29. The molecule has 1 N–H and O–H groups in total. The van der Waals surface area contributed by atoms with Gasteiger partial charge in [0.25, 0.3) is 5.91 Å². The number of benzene rings is 2. The molecule has 0 aliphatic rings. The van der Waals surface area contributed by atoms with Crippen LogP contribution in [0.1, 0.15) is 29.9 Å². The second kappa shape index (κ2) is 8.89. The van der Waals surface area contributed by atoms with Crippen LogP contribution >= 0.6 is 0 Å². The van der Waals surface area contributed by atoms with Crippen molar-refractivity contribution in [1.82, 2.24) is 9.78 Å². The monoisotopic (exact) mass is 419 g/mol. The summed E-state index contributed by atoms with van der Waals surface area (Å²) in [5, 5.41) is 6.29. The summed E-state index contributed by atoms with van der Waals surface area (Å²) >= 11 is 0. The Morgan fingerprint density at radius 3 is 2.40 bits per heavy atom. The molecule has 30 heavy (non-hydrogen) atoms. The molecular formula is C21H20F3N3O3. The third-order valence-electron chi connectivity index (χ3n) is 4.09. The molecule has 6 nitrogen and oxygen atoms in total. The molecule has 1 heterocycles. The molecule has 1 aromatic heterocycles. The number of para-hydroxylation sites is 1. The molecule has 0 saturated heterocycles. The molecule has 158 valence electrons. The van der Waals surface area contributed by atoms with E-state index in [0.29, 0.717) is 29.4 Å². The molecule has 0 unspecified atom stereocenters. The van der Waals surface area contributed by atoms with Gasteiger partial charge in [-0.3, -0.25) is 4.79 Å². The molecule has 0 saturated carbocycles. The van der Waals surface area contributed by atoms with E-state index in [0.717, 1.165) is 6.20 Å². The fourth-order valence-corrected chi connectivity index (χ4v) is 2.89. The predicted molar refractivity (Wildman–Crippen MR) is 105 cm³/mol. The highest BCUT2D eigenvalue weighted by atomic mass is 19.4. The van der Waals surface area contributed by atoms with Gasteiger partial charge in [0.2, 0.25) is 0 Å². The van der Waals surface area contributed by atoms with Gasteiger partial charge < -0.3 is 14.8 Å². The molecule has 0 atom stereocenters. The zero-order valence-corrected chi connectivity index (χ0v) is 16.4. The lowest BCUT2D eigenvalue weighted by molar-refractivity contribution is -0.143. The van der Waals surface area contributed by atoms with Crippen molar-refractivity contribution < 1.29 is 27.4 Å². The van der Waals surface area contributed by atoms with Gasteiger partial charge in [-0.2, -0.15) is 18.3 Å². The second-order valence-electron chi connectivity index (χ2n) is 6.13. The molecule has 0 radical (unpaired) electrons. The zero-order chi connectivity index (χ0) is 21.7. The quantitative estimate of drug-likeness (QED) is 0.589. The van der Waals surface area contributed by atoms with Gasteiger partial charge >= 0.3 is 6.18 Å². The first-order valence-electron chi connectivity index (χ1n) is 9.26. The van der Waals surface area contributed by atoms with Crippen LogP contribution in [-0.4, -0.2) is 28.9 Å². The van der Waals surface area contributed by atoms with E-state index in [1.165, 1.54) is 18.2 Å². The highest BCUT2D eigenvalue weighted by molar-refractivity contribution is 6.06. The number of carbonyl (C=O) groups excluding carboxylic acids is 1. The van der Waals surface area contributed by atoms with Crippen LogP contribution in [0.3, 0.4) is 0 Å². The molecule has 0 aliphatic heterocycles. The van der Waals surface area contributed by atoms with Gasteiger partial charge in [0.05, 0.1) is 36.3 Å². The first-order chi connectivity index (χ1) is 14.3. The summed E-state index contributed by atoms with van der Waals surface area (Å²) in [6.45, 7) is 4.26. The lowest BCUT2D eigenvalue weighted by atomic mass is 10.2. The smallest absolute Gasteiger partial charge is 0.434 e. The number of halogens is 3. The summed E-state index contributed by atoms with van der Waals surface area (Å²) in [4.78, 5) is 12.8. The van der Waals surface area contributed by atoms with Gasteiger partial charge in [0.15, 0.2) is 5.69 Å². The van der Waals surface area contributed by atoms with Crippen molar-refractivity contribution in [1.29, 1.82) is 0 Å². The minimum absolute atomic E-state index is 0.192. The number of alkyl halides is 3. The summed E-state index contributed by atoms with van der Waals surface area (Å²) in [6, 6.07) is 12.5. The largest absolute Gasteiger partial charge is 0.494 e. The topological polar surface area (TPSA) is 65.4 Å². The Labute approximate surface area is 171 Å². The molecule has 0 fully saturated rings. The van der Waals surface area contributed by atoms with Gasteiger partial charge in [-0.15, -0.1) is 0 Å². The summed E-state index contributed by atoms with van der Waals surface area (Å²) in [5.74, 6) is -0.190. The lowest BCUT2D eigenvalue weighted by Gasteiger charge is -2.15. The van der Waals surface area contributed by atoms with Crippen LogP contribution in [0.5, 0.6) is 11.5 Å². The molecule has 0 aliphatic carbocycles. The Morgan fingerprint density at radius 1 is 1.07 bits per heavy atom. The van der Waals surface area contributed by atoms with E-state index in [1.54, 1.807) is 44.2 Å². The highest BCUT2D eigenvalue weighted by Gasteiger charge is 2.40. The Morgan fingerprint density at radius 2 is 1.77 bits per heavy atom. The van der Waals surface area contributed by atoms with E-state index >= 15 is 0 Å². The van der Waals surface area contributed by atoms with Crippen LogP contribution in [0.25, 0.3) is 5.69 Å². The fourth-order valence-electron chi connectivity index (χ4n) is 2.89. The first-order valence-corrected chi connectivity index (χ1v) is 9.26. The van der Waals surface area contributed by atoms with E-state index in [4.69, 9.17) is 9.47 Å². The van der Waals surface area contributed by atoms with Gasteiger partial charge in [-0.25, -0.2) is 4.68 Å². The van der Waals surface area contributed by atoms with E-state index < -0.39 is 23.3 Å². The third kappa shape index (κ3) is 4.56. The van der Waals surface area contributed by atoms with Crippen molar-refractivity contribution in [3.63, 3.8) is 0 Å². The first kappa shape index (κ1) is 21.2. The maximum atomic E-state index is 13.8. The molecule has 0 bridgehead atoms. The van der Waals surface area contributed by atoms with E-state index in [2.05, 4.69) is 10.4 Å². The van der Waals surface area contributed by atoms with Crippen molar-refractivity contribution >= 4 is 11.6 Å². The number of aromatic nitrogens is 2. The molecule has 2 aromatic carbocycles.